The van der Waals surface area contributed by atoms with Gasteiger partial charge in [-0.3, -0.25) is 9.78 Å². The van der Waals surface area contributed by atoms with Crippen LogP contribution < -0.4 is 10.2 Å². The number of hydrogen-bond acceptors (Lipinski definition) is 6. The van der Waals surface area contributed by atoms with Crippen molar-refractivity contribution >= 4 is 33.7 Å². The maximum absolute atomic E-state index is 12.3. The Bertz CT molecular complexity index is 811. The Hall–Kier alpha value is -2.25. The monoisotopic (exact) mass is 356 g/mol. The van der Waals surface area contributed by atoms with E-state index >= 15 is 0 Å². The summed E-state index contributed by atoms with van der Waals surface area (Å²) in [5.74, 6) is 0.144. The maximum atomic E-state index is 12.3. The molecule has 3 aromatic rings. The average molecular weight is 356 g/mol. The van der Waals surface area contributed by atoms with Gasteiger partial charge in [0.05, 0.1) is 5.92 Å². The van der Waals surface area contributed by atoms with E-state index in [1.165, 1.54) is 5.56 Å². The van der Waals surface area contributed by atoms with Crippen molar-refractivity contribution in [3.8, 4) is 11.1 Å². The molecule has 1 aliphatic heterocycles. The number of aromatic nitrogens is 2. The van der Waals surface area contributed by atoms with Crippen molar-refractivity contribution in [3.63, 3.8) is 0 Å². The second-order valence-corrected chi connectivity index (χ2v) is 7.38. The van der Waals surface area contributed by atoms with Gasteiger partial charge in [-0.15, -0.1) is 11.3 Å². The second-order valence-electron chi connectivity index (χ2n) is 5.73. The Labute approximate surface area is 148 Å². The molecule has 1 fully saturated rings. The SMILES string of the molecule is O=C(NCc1cncc(-c2ccsc2)c1)C1CN(c2nccs2)C1. The summed E-state index contributed by atoms with van der Waals surface area (Å²) in [4.78, 5) is 22.9. The third-order valence-electron chi connectivity index (χ3n) is 4.06. The number of carbonyl (C=O) groups excluding carboxylic acids is 1. The fraction of sp³-hybridized carbons (Fsp3) is 0.235. The van der Waals surface area contributed by atoms with E-state index in [0.29, 0.717) is 6.54 Å². The molecule has 1 amide bonds. The highest BCUT2D eigenvalue weighted by molar-refractivity contribution is 7.13. The molecule has 1 aliphatic rings. The molecule has 7 heteroatoms. The molecule has 1 saturated heterocycles. The summed E-state index contributed by atoms with van der Waals surface area (Å²) in [6.45, 7) is 2.00. The van der Waals surface area contributed by atoms with Crippen LogP contribution in [0, 0.1) is 5.92 Å². The van der Waals surface area contributed by atoms with E-state index in [9.17, 15) is 4.79 Å². The van der Waals surface area contributed by atoms with E-state index in [4.69, 9.17) is 0 Å². The topological polar surface area (TPSA) is 58.1 Å². The first-order valence-electron chi connectivity index (χ1n) is 7.68. The average Bonchev–Trinajstić information content (AvgIpc) is 3.25. The number of nitrogens with zero attached hydrogens (tertiary/aromatic N) is 3. The summed E-state index contributed by atoms with van der Waals surface area (Å²) in [6, 6.07) is 4.16. The van der Waals surface area contributed by atoms with Crippen molar-refractivity contribution < 1.29 is 4.79 Å². The van der Waals surface area contributed by atoms with Crippen LogP contribution in [0.2, 0.25) is 0 Å². The number of rotatable bonds is 5. The van der Waals surface area contributed by atoms with Crippen molar-refractivity contribution in [1.29, 1.82) is 0 Å². The van der Waals surface area contributed by atoms with Crippen LogP contribution in [-0.2, 0) is 11.3 Å². The molecule has 3 aromatic heterocycles. The number of thiophene rings is 1. The summed E-state index contributed by atoms with van der Waals surface area (Å²) < 4.78 is 0. The predicted molar refractivity (Wildman–Crippen MR) is 97.2 cm³/mol. The smallest absolute Gasteiger partial charge is 0.226 e. The molecule has 0 aliphatic carbocycles. The quantitative estimate of drug-likeness (QED) is 0.763. The molecule has 0 atom stereocenters. The van der Waals surface area contributed by atoms with Gasteiger partial charge < -0.3 is 10.2 Å². The third kappa shape index (κ3) is 3.18. The molecule has 0 radical (unpaired) electrons. The number of anilines is 1. The molecular weight excluding hydrogens is 340 g/mol. The van der Waals surface area contributed by atoms with E-state index < -0.39 is 0 Å². The van der Waals surface area contributed by atoms with E-state index in [1.54, 1.807) is 35.1 Å². The summed E-state index contributed by atoms with van der Waals surface area (Å²) >= 11 is 3.27. The second kappa shape index (κ2) is 6.70. The van der Waals surface area contributed by atoms with Gasteiger partial charge in [-0.25, -0.2) is 4.98 Å². The first-order chi connectivity index (χ1) is 11.8. The minimum atomic E-state index is 0.0434. The molecule has 0 unspecified atom stereocenters. The van der Waals surface area contributed by atoms with E-state index in [1.807, 2.05) is 11.6 Å². The summed E-state index contributed by atoms with van der Waals surface area (Å²) in [6.07, 6.45) is 5.45. The van der Waals surface area contributed by atoms with E-state index in [2.05, 4.69) is 43.1 Å². The molecule has 0 spiro atoms. The van der Waals surface area contributed by atoms with Crippen LogP contribution in [0.4, 0.5) is 5.13 Å². The van der Waals surface area contributed by atoms with Crippen molar-refractivity contribution in [1.82, 2.24) is 15.3 Å². The van der Waals surface area contributed by atoms with Crippen LogP contribution in [0.25, 0.3) is 11.1 Å². The Morgan fingerprint density at radius 2 is 2.21 bits per heavy atom. The highest BCUT2D eigenvalue weighted by Gasteiger charge is 2.33. The fourth-order valence-corrected chi connectivity index (χ4v) is 4.01. The highest BCUT2D eigenvalue weighted by atomic mass is 32.1. The zero-order chi connectivity index (χ0) is 16.4. The highest BCUT2D eigenvalue weighted by Crippen LogP contribution is 2.26. The summed E-state index contributed by atoms with van der Waals surface area (Å²) in [7, 11) is 0. The van der Waals surface area contributed by atoms with Gasteiger partial charge in [0.2, 0.25) is 5.91 Å². The van der Waals surface area contributed by atoms with Gasteiger partial charge in [-0.1, -0.05) is 0 Å². The van der Waals surface area contributed by atoms with Crippen molar-refractivity contribution in [2.45, 2.75) is 6.54 Å². The Morgan fingerprint density at radius 1 is 1.29 bits per heavy atom. The van der Waals surface area contributed by atoms with Gasteiger partial charge in [-0.05, 0) is 34.0 Å². The number of amides is 1. The molecule has 5 nitrogen and oxygen atoms in total. The van der Waals surface area contributed by atoms with Crippen molar-refractivity contribution in [2.24, 2.45) is 5.92 Å². The molecular formula is C17H16N4OS2. The lowest BCUT2D eigenvalue weighted by molar-refractivity contribution is -0.125. The standard InChI is InChI=1S/C17H16N4OS2/c22-16(15-9-21(10-15)17-19-2-4-24-17)20-7-12-5-14(8-18-6-12)13-1-3-23-11-13/h1-6,8,11,15H,7,9-10H2,(H,20,22). The van der Waals surface area contributed by atoms with Crippen molar-refractivity contribution in [3.05, 3.63) is 52.4 Å². The van der Waals surface area contributed by atoms with Gasteiger partial charge >= 0.3 is 0 Å². The zero-order valence-electron chi connectivity index (χ0n) is 12.9. The van der Waals surface area contributed by atoms with Crippen LogP contribution >= 0.6 is 22.7 Å². The molecule has 24 heavy (non-hydrogen) atoms. The summed E-state index contributed by atoms with van der Waals surface area (Å²) in [5.41, 5.74) is 3.27. The molecule has 0 bridgehead atoms. The van der Waals surface area contributed by atoms with Gasteiger partial charge in [0.15, 0.2) is 5.13 Å². The van der Waals surface area contributed by atoms with Crippen LogP contribution in [0.5, 0.6) is 0 Å². The molecule has 122 valence electrons. The Morgan fingerprint density at radius 3 is 2.96 bits per heavy atom. The first-order valence-corrected chi connectivity index (χ1v) is 9.50. The zero-order valence-corrected chi connectivity index (χ0v) is 14.5. The molecule has 0 saturated carbocycles. The molecule has 1 N–H and O–H groups in total. The molecule has 4 heterocycles. The summed E-state index contributed by atoms with van der Waals surface area (Å²) in [5, 5.41) is 10.1. The van der Waals surface area contributed by atoms with Gasteiger partial charge in [0, 0.05) is 49.2 Å². The van der Waals surface area contributed by atoms with Gasteiger partial charge in [0.1, 0.15) is 0 Å². The van der Waals surface area contributed by atoms with Crippen LogP contribution in [0.1, 0.15) is 5.56 Å². The third-order valence-corrected chi connectivity index (χ3v) is 5.57. The number of thiazole rings is 1. The lowest BCUT2D eigenvalue weighted by Gasteiger charge is -2.37. The number of pyridine rings is 1. The van der Waals surface area contributed by atoms with Gasteiger partial charge in [0.25, 0.3) is 0 Å². The van der Waals surface area contributed by atoms with E-state index in [-0.39, 0.29) is 11.8 Å². The van der Waals surface area contributed by atoms with Crippen LogP contribution in [-0.4, -0.2) is 29.0 Å². The number of hydrogen-bond donors (Lipinski definition) is 1. The van der Waals surface area contributed by atoms with E-state index in [0.717, 1.165) is 29.3 Å². The maximum Gasteiger partial charge on any atom is 0.226 e. The first kappa shape index (κ1) is 15.3. The Balaban J connectivity index is 1.31. The predicted octanol–water partition coefficient (Wildman–Crippen LogP) is 3.02. The fourth-order valence-electron chi connectivity index (χ4n) is 2.68. The lowest BCUT2D eigenvalue weighted by Crippen LogP contribution is -2.53. The minimum Gasteiger partial charge on any atom is -0.352 e. The number of nitrogens with one attached hydrogen (secondary N) is 1. The Kier molecular flexibility index (Phi) is 4.27. The normalized spacial score (nSPS) is 14.4. The number of carbonyl (C=O) groups is 1. The van der Waals surface area contributed by atoms with Crippen molar-refractivity contribution in [2.75, 3.05) is 18.0 Å². The minimum absolute atomic E-state index is 0.0434. The molecule has 0 aromatic carbocycles. The largest absolute Gasteiger partial charge is 0.352 e. The molecule has 4 rings (SSSR count). The van der Waals surface area contributed by atoms with Crippen LogP contribution in [0.3, 0.4) is 0 Å². The lowest BCUT2D eigenvalue weighted by atomic mass is 10.00. The van der Waals surface area contributed by atoms with Gasteiger partial charge in [-0.2, -0.15) is 11.3 Å². The van der Waals surface area contributed by atoms with Crippen LogP contribution in [0.15, 0.2) is 46.9 Å².